The number of rotatable bonds is 8. The molecule has 2 aromatic heterocycles. The molecule has 5 rings (SSSR count). The van der Waals surface area contributed by atoms with E-state index in [2.05, 4.69) is 20.3 Å². The molecule has 3 heterocycles. The number of ether oxygens (including phenoxy) is 3. The predicted octanol–water partition coefficient (Wildman–Crippen LogP) is 3.88. The molecule has 0 radical (unpaired) electrons. The standard InChI is InChI=1S/C27H23N5O6/c1-36-25-20(11-30-27(32-25)37-2)14-3-5-18-22(9-14)29-12-21(24(28)33)23(18)31-16-4-6-17(15-7-8-38-13-15)19(10-16)26(34)35/h3-12,15H,13H2,1-2H3,(H2,28,33)(H,29,31)(H,34,35). The van der Waals surface area contributed by atoms with Crippen molar-refractivity contribution in [1.29, 1.82) is 0 Å². The molecule has 1 amide bonds. The van der Waals surface area contributed by atoms with Gasteiger partial charge < -0.3 is 30.4 Å². The van der Waals surface area contributed by atoms with Crippen molar-refractivity contribution in [3.05, 3.63) is 77.8 Å². The van der Waals surface area contributed by atoms with Gasteiger partial charge in [0.15, 0.2) is 0 Å². The summed E-state index contributed by atoms with van der Waals surface area (Å²) in [6.07, 6.45) is 6.34. The van der Waals surface area contributed by atoms with Gasteiger partial charge in [-0.3, -0.25) is 9.78 Å². The number of carbonyl (C=O) groups is 2. The minimum absolute atomic E-state index is 0.128. The van der Waals surface area contributed by atoms with Crippen LogP contribution in [0.15, 0.2) is 61.1 Å². The average Bonchev–Trinajstić information content (AvgIpc) is 3.47. The number of nitrogens with one attached hydrogen (secondary N) is 1. The Kier molecular flexibility index (Phi) is 6.48. The van der Waals surface area contributed by atoms with E-state index in [1.165, 1.54) is 26.5 Å². The van der Waals surface area contributed by atoms with E-state index in [-0.39, 0.29) is 23.1 Å². The van der Waals surface area contributed by atoms with Gasteiger partial charge in [-0.15, -0.1) is 0 Å². The average molecular weight is 514 g/mol. The van der Waals surface area contributed by atoms with E-state index in [1.807, 2.05) is 12.1 Å². The van der Waals surface area contributed by atoms with E-state index < -0.39 is 11.9 Å². The molecular formula is C27H23N5O6. The molecule has 0 saturated heterocycles. The molecule has 0 bridgehead atoms. The van der Waals surface area contributed by atoms with Crippen molar-refractivity contribution in [2.24, 2.45) is 5.73 Å². The van der Waals surface area contributed by atoms with Crippen molar-refractivity contribution in [3.8, 4) is 23.0 Å². The Bertz CT molecular complexity index is 1600. The molecule has 192 valence electrons. The summed E-state index contributed by atoms with van der Waals surface area (Å²) >= 11 is 0. The highest BCUT2D eigenvalue weighted by Gasteiger charge is 2.22. The number of primary amides is 1. The first kappa shape index (κ1) is 24.5. The fraction of sp³-hybridized carbons (Fsp3) is 0.148. The highest BCUT2D eigenvalue weighted by Crippen LogP contribution is 2.35. The van der Waals surface area contributed by atoms with Crippen LogP contribution in [-0.4, -0.2) is 52.8 Å². The van der Waals surface area contributed by atoms with Crippen LogP contribution in [0.4, 0.5) is 11.4 Å². The van der Waals surface area contributed by atoms with Crippen LogP contribution in [0, 0.1) is 0 Å². The van der Waals surface area contributed by atoms with Crippen LogP contribution < -0.4 is 20.5 Å². The Morgan fingerprint density at radius 3 is 2.61 bits per heavy atom. The zero-order chi connectivity index (χ0) is 26.8. The number of hydrogen-bond donors (Lipinski definition) is 3. The van der Waals surface area contributed by atoms with Gasteiger partial charge in [-0.25, -0.2) is 9.78 Å². The van der Waals surface area contributed by atoms with E-state index in [9.17, 15) is 14.7 Å². The summed E-state index contributed by atoms with van der Waals surface area (Å²) in [6.45, 7) is 0.375. The van der Waals surface area contributed by atoms with Gasteiger partial charge in [-0.2, -0.15) is 4.98 Å². The first-order chi connectivity index (χ1) is 18.4. The maximum atomic E-state index is 12.3. The number of pyridine rings is 1. The number of hydrogen-bond acceptors (Lipinski definition) is 9. The Balaban J connectivity index is 1.58. The summed E-state index contributed by atoms with van der Waals surface area (Å²) in [5.41, 5.74) is 9.34. The Morgan fingerprint density at radius 2 is 1.92 bits per heavy atom. The monoisotopic (exact) mass is 513 g/mol. The van der Waals surface area contributed by atoms with Crippen LogP contribution in [0.5, 0.6) is 11.9 Å². The summed E-state index contributed by atoms with van der Waals surface area (Å²) in [5.74, 6) is -1.58. The van der Waals surface area contributed by atoms with E-state index >= 15 is 0 Å². The third-order valence-electron chi connectivity index (χ3n) is 6.19. The van der Waals surface area contributed by atoms with Gasteiger partial charge in [-0.1, -0.05) is 18.2 Å². The van der Waals surface area contributed by atoms with Gasteiger partial charge in [0.05, 0.1) is 55.0 Å². The summed E-state index contributed by atoms with van der Waals surface area (Å²) < 4.78 is 15.7. The number of carbonyl (C=O) groups excluding carboxylic acids is 1. The quantitative estimate of drug-likeness (QED) is 0.316. The molecule has 11 nitrogen and oxygen atoms in total. The molecule has 1 unspecified atom stereocenters. The van der Waals surface area contributed by atoms with E-state index in [0.29, 0.717) is 45.9 Å². The Morgan fingerprint density at radius 1 is 1.08 bits per heavy atom. The van der Waals surface area contributed by atoms with Gasteiger partial charge in [0.1, 0.15) is 0 Å². The number of nitrogens with zero attached hydrogens (tertiary/aromatic N) is 3. The molecular weight excluding hydrogens is 490 g/mol. The molecule has 38 heavy (non-hydrogen) atoms. The number of amides is 1. The van der Waals surface area contributed by atoms with Gasteiger partial charge in [0.25, 0.3) is 5.91 Å². The van der Waals surface area contributed by atoms with Crippen LogP contribution in [0.2, 0.25) is 0 Å². The molecule has 0 spiro atoms. The van der Waals surface area contributed by atoms with Crippen molar-refractivity contribution in [2.75, 3.05) is 26.1 Å². The lowest BCUT2D eigenvalue weighted by Crippen LogP contribution is -2.14. The van der Waals surface area contributed by atoms with Crippen LogP contribution in [0.1, 0.15) is 32.2 Å². The van der Waals surface area contributed by atoms with Crippen molar-refractivity contribution in [1.82, 2.24) is 15.0 Å². The van der Waals surface area contributed by atoms with E-state index in [0.717, 1.165) is 5.56 Å². The molecule has 4 aromatic rings. The normalized spacial score (nSPS) is 14.2. The summed E-state index contributed by atoms with van der Waals surface area (Å²) in [5, 5.41) is 13.6. The van der Waals surface area contributed by atoms with Gasteiger partial charge in [0.2, 0.25) is 5.88 Å². The minimum Gasteiger partial charge on any atom is -0.501 e. The second-order valence-corrected chi connectivity index (χ2v) is 8.42. The highest BCUT2D eigenvalue weighted by atomic mass is 16.5. The zero-order valence-corrected chi connectivity index (χ0v) is 20.5. The third-order valence-corrected chi connectivity index (χ3v) is 6.19. The summed E-state index contributed by atoms with van der Waals surface area (Å²) in [7, 11) is 2.96. The molecule has 11 heteroatoms. The number of methoxy groups -OCH3 is 2. The third kappa shape index (κ3) is 4.52. The summed E-state index contributed by atoms with van der Waals surface area (Å²) in [4.78, 5) is 37.1. The maximum Gasteiger partial charge on any atom is 0.336 e. The van der Waals surface area contributed by atoms with Crippen LogP contribution in [0.3, 0.4) is 0 Å². The lowest BCUT2D eigenvalue weighted by atomic mass is 9.94. The molecule has 2 aromatic carbocycles. The lowest BCUT2D eigenvalue weighted by Gasteiger charge is -2.17. The van der Waals surface area contributed by atoms with Gasteiger partial charge in [0, 0.05) is 29.4 Å². The van der Waals surface area contributed by atoms with Crippen molar-refractivity contribution >= 4 is 34.2 Å². The van der Waals surface area contributed by atoms with Crippen LogP contribution in [-0.2, 0) is 4.74 Å². The number of carboxylic acid groups (broad SMARTS) is 1. The maximum absolute atomic E-state index is 12.3. The number of carboxylic acids is 1. The number of anilines is 2. The van der Waals surface area contributed by atoms with Crippen LogP contribution >= 0.6 is 0 Å². The minimum atomic E-state index is -1.07. The highest BCUT2D eigenvalue weighted by molar-refractivity contribution is 6.08. The first-order valence-electron chi connectivity index (χ1n) is 11.5. The predicted molar refractivity (Wildman–Crippen MR) is 139 cm³/mol. The van der Waals surface area contributed by atoms with Crippen molar-refractivity contribution < 1.29 is 28.9 Å². The number of aromatic carboxylic acids is 1. The van der Waals surface area contributed by atoms with E-state index in [1.54, 1.807) is 36.7 Å². The van der Waals surface area contributed by atoms with Gasteiger partial charge in [-0.05, 0) is 35.4 Å². The molecule has 1 aliphatic heterocycles. The second kappa shape index (κ2) is 10.1. The largest absolute Gasteiger partial charge is 0.501 e. The van der Waals surface area contributed by atoms with Gasteiger partial charge >= 0.3 is 12.0 Å². The zero-order valence-electron chi connectivity index (χ0n) is 20.5. The topological polar surface area (TPSA) is 159 Å². The fourth-order valence-electron chi connectivity index (χ4n) is 4.33. The molecule has 0 aliphatic carbocycles. The molecule has 4 N–H and O–H groups in total. The lowest BCUT2D eigenvalue weighted by molar-refractivity contribution is 0.0695. The first-order valence-corrected chi connectivity index (χ1v) is 11.5. The smallest absolute Gasteiger partial charge is 0.336 e. The molecule has 1 aliphatic rings. The number of fused-ring (bicyclic) bond motifs is 1. The molecule has 0 fully saturated rings. The van der Waals surface area contributed by atoms with Crippen LogP contribution in [0.25, 0.3) is 22.0 Å². The van der Waals surface area contributed by atoms with Crippen molar-refractivity contribution in [3.63, 3.8) is 0 Å². The number of benzene rings is 2. The fourth-order valence-corrected chi connectivity index (χ4v) is 4.33. The second-order valence-electron chi connectivity index (χ2n) is 8.42. The molecule has 0 saturated carbocycles. The van der Waals surface area contributed by atoms with E-state index in [4.69, 9.17) is 19.9 Å². The summed E-state index contributed by atoms with van der Waals surface area (Å²) in [6, 6.07) is 10.6. The SMILES string of the molecule is COc1ncc(-c2ccc3c(Nc4ccc(C5C=COC5)c(C(=O)O)c4)c(C(N)=O)cnc3c2)c(OC)n1. The Hall–Kier alpha value is -5.19. The molecule has 1 atom stereocenters. The number of nitrogens with two attached hydrogens (primary N) is 1. The number of aromatic nitrogens is 3. The van der Waals surface area contributed by atoms with Crippen molar-refractivity contribution in [2.45, 2.75) is 5.92 Å². The Labute approximate surface area is 216 Å².